The molecule has 10 heteroatoms. The van der Waals surface area contributed by atoms with Crippen LogP contribution in [0.5, 0.6) is 0 Å². The number of phosphoric ester groups is 1. The van der Waals surface area contributed by atoms with E-state index in [1.165, 1.54) is 244 Å². The second-order valence-electron chi connectivity index (χ2n) is 26.6. The Labute approximate surface area is 581 Å². The minimum absolute atomic E-state index is 0.0507. The Bertz CT molecular complexity index is 1920. The fourth-order valence-corrected chi connectivity index (χ4v) is 12.3. The van der Waals surface area contributed by atoms with Crippen LogP contribution >= 0.6 is 7.82 Å². The molecule has 94 heavy (non-hydrogen) atoms. The highest BCUT2D eigenvalue weighted by molar-refractivity contribution is 7.47. The normalized spacial score (nSPS) is 13.4. The molecule has 0 saturated carbocycles. The van der Waals surface area contributed by atoms with E-state index in [1.54, 1.807) is 0 Å². The van der Waals surface area contributed by atoms with Crippen molar-refractivity contribution >= 4 is 19.8 Å². The monoisotopic (exact) mass is 1330 g/mol. The number of rotatable bonds is 75. The number of hydrogen-bond donors (Lipinski definition) is 2. The lowest BCUT2D eigenvalue weighted by atomic mass is 10.0. The average molecular weight is 1330 g/mol. The molecule has 2 atom stereocenters. The van der Waals surface area contributed by atoms with Gasteiger partial charge < -0.3 is 20.1 Å². The summed E-state index contributed by atoms with van der Waals surface area (Å²) in [6, 6.07) is 0. The highest BCUT2D eigenvalue weighted by Crippen LogP contribution is 2.43. The number of esters is 2. The molecular weight excluding hydrogens is 1180 g/mol. The lowest BCUT2D eigenvalue weighted by molar-refractivity contribution is -0.161. The molecule has 0 aliphatic heterocycles. The first-order chi connectivity index (χ1) is 46.3. The van der Waals surface area contributed by atoms with Crippen LogP contribution in [0.15, 0.2) is 109 Å². The fraction of sp³-hybridized carbons (Fsp3) is 0.762. The Morgan fingerprint density at radius 1 is 0.330 bits per heavy atom. The first kappa shape index (κ1) is 90.7. The molecule has 0 aromatic rings. The number of unbranched alkanes of at least 4 members (excludes halogenated alkanes) is 44. The van der Waals surface area contributed by atoms with Gasteiger partial charge in [-0.1, -0.05) is 393 Å². The first-order valence-corrected chi connectivity index (χ1v) is 41.4. The van der Waals surface area contributed by atoms with Crippen LogP contribution < -0.4 is 5.73 Å². The van der Waals surface area contributed by atoms with Crippen molar-refractivity contribution in [2.45, 2.75) is 386 Å². The van der Waals surface area contributed by atoms with E-state index in [9.17, 15) is 19.0 Å². The molecule has 0 bridgehead atoms. The highest BCUT2D eigenvalue weighted by atomic mass is 31.2. The van der Waals surface area contributed by atoms with Gasteiger partial charge in [0.2, 0.25) is 0 Å². The quantitative estimate of drug-likeness (QED) is 0.0264. The zero-order valence-corrected chi connectivity index (χ0v) is 62.3. The number of allylic oxidation sites excluding steroid dienone is 18. The van der Waals surface area contributed by atoms with E-state index in [-0.39, 0.29) is 38.6 Å². The molecule has 0 heterocycles. The van der Waals surface area contributed by atoms with E-state index in [1.807, 2.05) is 0 Å². The Kier molecular flexibility index (Phi) is 75.9. The van der Waals surface area contributed by atoms with Crippen molar-refractivity contribution in [3.8, 4) is 0 Å². The summed E-state index contributed by atoms with van der Waals surface area (Å²) in [5, 5.41) is 0. The molecule has 544 valence electrons. The number of phosphoric acid groups is 1. The molecule has 0 rings (SSSR count). The number of carbonyl (C=O) groups is 2. The van der Waals surface area contributed by atoms with E-state index < -0.39 is 26.5 Å². The zero-order valence-electron chi connectivity index (χ0n) is 61.4. The van der Waals surface area contributed by atoms with Crippen LogP contribution in [0.1, 0.15) is 380 Å². The Morgan fingerprint density at radius 3 is 0.872 bits per heavy atom. The van der Waals surface area contributed by atoms with Gasteiger partial charge in [-0.15, -0.1) is 0 Å². The van der Waals surface area contributed by atoms with Gasteiger partial charge in [0, 0.05) is 19.4 Å². The topological polar surface area (TPSA) is 134 Å². The van der Waals surface area contributed by atoms with Crippen LogP contribution in [0.4, 0.5) is 0 Å². The van der Waals surface area contributed by atoms with Crippen LogP contribution in [0.2, 0.25) is 0 Å². The molecule has 0 aromatic heterocycles. The van der Waals surface area contributed by atoms with Crippen molar-refractivity contribution in [3.05, 3.63) is 109 Å². The third-order valence-corrected chi connectivity index (χ3v) is 18.4. The lowest BCUT2D eigenvalue weighted by Crippen LogP contribution is -2.29. The second kappa shape index (κ2) is 78.7. The van der Waals surface area contributed by atoms with Crippen molar-refractivity contribution in [2.24, 2.45) is 5.73 Å². The molecule has 0 radical (unpaired) electrons. The maximum atomic E-state index is 12.8. The summed E-state index contributed by atoms with van der Waals surface area (Å²) in [5.41, 5.74) is 5.41. The number of hydrogen-bond acceptors (Lipinski definition) is 8. The molecule has 0 fully saturated rings. The predicted molar refractivity (Wildman–Crippen MR) is 408 cm³/mol. The third-order valence-electron chi connectivity index (χ3n) is 17.4. The summed E-state index contributed by atoms with van der Waals surface area (Å²) in [6.07, 6.45) is 109. The van der Waals surface area contributed by atoms with Crippen LogP contribution in [0.25, 0.3) is 0 Å². The molecule has 0 aromatic carbocycles. The van der Waals surface area contributed by atoms with E-state index >= 15 is 0 Å². The maximum absolute atomic E-state index is 12.8. The molecule has 0 spiro atoms. The predicted octanol–water partition coefficient (Wildman–Crippen LogP) is 26.8. The molecule has 0 amide bonds. The van der Waals surface area contributed by atoms with Gasteiger partial charge in [-0.3, -0.25) is 18.6 Å². The van der Waals surface area contributed by atoms with E-state index in [0.717, 1.165) is 103 Å². The minimum Gasteiger partial charge on any atom is -0.462 e. The van der Waals surface area contributed by atoms with Gasteiger partial charge in [-0.05, 0) is 83.5 Å². The van der Waals surface area contributed by atoms with Gasteiger partial charge >= 0.3 is 19.8 Å². The van der Waals surface area contributed by atoms with Crippen LogP contribution in [0.3, 0.4) is 0 Å². The average Bonchev–Trinajstić information content (AvgIpc) is 2.74. The van der Waals surface area contributed by atoms with Gasteiger partial charge in [-0.2, -0.15) is 0 Å². The van der Waals surface area contributed by atoms with Gasteiger partial charge in [-0.25, -0.2) is 4.57 Å². The van der Waals surface area contributed by atoms with Crippen LogP contribution in [0, 0.1) is 0 Å². The number of nitrogens with two attached hydrogens (primary N) is 1. The van der Waals surface area contributed by atoms with Crippen molar-refractivity contribution in [1.82, 2.24) is 0 Å². The zero-order chi connectivity index (χ0) is 67.9. The summed E-state index contributed by atoms with van der Waals surface area (Å²) >= 11 is 0. The van der Waals surface area contributed by atoms with Crippen molar-refractivity contribution in [2.75, 3.05) is 26.4 Å². The molecular formula is C84H150NO8P. The fourth-order valence-electron chi connectivity index (χ4n) is 11.6. The van der Waals surface area contributed by atoms with E-state index in [4.69, 9.17) is 24.3 Å². The summed E-state index contributed by atoms with van der Waals surface area (Å²) in [6.45, 7) is 3.68. The Hall–Kier alpha value is -3.33. The summed E-state index contributed by atoms with van der Waals surface area (Å²) in [5.74, 6) is -0.819. The lowest BCUT2D eigenvalue weighted by Gasteiger charge is -2.19. The standard InChI is InChI=1S/C84H150NO8P/c1-3-5-7-9-11-13-15-17-19-21-23-25-27-29-31-33-35-37-39-40-41-42-43-45-47-49-51-53-55-57-59-61-63-65-67-69-71-73-75-77-84(87)93-82(81-92-94(88,89)91-79-78-85)80-90-83(86)76-74-72-70-68-66-64-62-60-58-56-54-52-50-48-46-44-38-36-34-32-30-28-26-24-22-20-18-16-14-12-10-8-6-4-2/h5,7,11,13,17,19,23,25,29,31,35,37,40-41,43,45,49,51,82H,3-4,6,8-10,12,14-16,18,20-22,24,26-28,30,32-34,36,38-39,42,44,46-48,50,52-81,85H2,1-2H3,(H,88,89)/b7-5-,13-11-,19-17-,25-23-,31-29-,37-35-,41-40-,45-43-,51-49-. The van der Waals surface area contributed by atoms with Crippen molar-refractivity contribution in [1.29, 1.82) is 0 Å². The van der Waals surface area contributed by atoms with Crippen LogP contribution in [-0.4, -0.2) is 49.3 Å². The smallest absolute Gasteiger partial charge is 0.462 e. The largest absolute Gasteiger partial charge is 0.472 e. The Morgan fingerprint density at radius 2 is 0.585 bits per heavy atom. The molecule has 0 aliphatic carbocycles. The van der Waals surface area contributed by atoms with Crippen LogP contribution in [-0.2, 0) is 32.7 Å². The SMILES string of the molecule is CC/C=C\C/C=C\C/C=C\C/C=C\C/C=C\C/C=C\C/C=C\C/C=C\C/C=C\CCCCCCCCCCCCCC(=O)OC(COC(=O)CCCCCCCCCCCCCCCCCCCCCCCCCCCCCCCCCCCC)COP(=O)(O)OCCN. The molecule has 3 N–H and O–H groups in total. The summed E-state index contributed by atoms with van der Waals surface area (Å²) in [4.78, 5) is 35.5. The van der Waals surface area contributed by atoms with Crippen molar-refractivity contribution in [3.63, 3.8) is 0 Å². The number of ether oxygens (including phenoxy) is 2. The van der Waals surface area contributed by atoms with Gasteiger partial charge in [0.15, 0.2) is 6.10 Å². The summed E-state index contributed by atoms with van der Waals surface area (Å²) in [7, 11) is -4.40. The Balaban J connectivity index is 3.84. The first-order valence-electron chi connectivity index (χ1n) is 39.9. The van der Waals surface area contributed by atoms with Crippen molar-refractivity contribution < 1.29 is 37.6 Å². The molecule has 2 unspecified atom stereocenters. The molecule has 0 aliphatic rings. The van der Waals surface area contributed by atoms with Gasteiger partial charge in [0.1, 0.15) is 6.61 Å². The third kappa shape index (κ3) is 77.7. The van der Waals surface area contributed by atoms with Gasteiger partial charge in [0.25, 0.3) is 0 Å². The maximum Gasteiger partial charge on any atom is 0.472 e. The van der Waals surface area contributed by atoms with E-state index in [0.29, 0.717) is 6.42 Å². The second-order valence-corrected chi connectivity index (χ2v) is 28.0. The highest BCUT2D eigenvalue weighted by Gasteiger charge is 2.26. The number of carbonyl (C=O) groups excluding carboxylic acids is 2. The summed E-state index contributed by atoms with van der Waals surface area (Å²) < 4.78 is 33.3. The molecule has 0 saturated heterocycles. The van der Waals surface area contributed by atoms with E-state index in [2.05, 4.69) is 123 Å². The molecule has 9 nitrogen and oxygen atoms in total. The minimum atomic E-state index is -4.40. The van der Waals surface area contributed by atoms with Gasteiger partial charge in [0.05, 0.1) is 13.2 Å².